The third kappa shape index (κ3) is 6.66. The molecule has 0 spiro atoms. The van der Waals surface area contributed by atoms with Gasteiger partial charge in [-0.2, -0.15) is 0 Å². The highest BCUT2D eigenvalue weighted by molar-refractivity contribution is 7.19. The van der Waals surface area contributed by atoms with Crippen molar-refractivity contribution in [3.63, 3.8) is 0 Å². The number of H-pyrrole nitrogens is 1. The lowest BCUT2D eigenvalue weighted by Crippen LogP contribution is -2.35. The quantitative estimate of drug-likeness (QED) is 0.245. The molecule has 2 N–H and O–H groups in total. The summed E-state index contributed by atoms with van der Waals surface area (Å²) in [4.78, 5) is 37.1. The van der Waals surface area contributed by atoms with Gasteiger partial charge in [-0.3, -0.25) is 14.5 Å². The van der Waals surface area contributed by atoms with E-state index < -0.39 is 0 Å². The molecule has 2 aliphatic heterocycles. The van der Waals surface area contributed by atoms with Crippen LogP contribution in [-0.2, 0) is 29.0 Å². The van der Waals surface area contributed by atoms with Gasteiger partial charge >= 0.3 is 0 Å². The zero-order chi connectivity index (χ0) is 30.6. The van der Waals surface area contributed by atoms with E-state index in [1.165, 1.54) is 5.56 Å². The van der Waals surface area contributed by atoms with Crippen LogP contribution < -0.4 is 10.9 Å². The highest BCUT2D eigenvalue weighted by atomic mass is 32.1. The fourth-order valence-corrected chi connectivity index (χ4v) is 7.66. The summed E-state index contributed by atoms with van der Waals surface area (Å²) in [6.07, 6.45) is 3.64. The maximum absolute atomic E-state index is 13.8. The van der Waals surface area contributed by atoms with Gasteiger partial charge in [-0.25, -0.2) is 4.98 Å². The van der Waals surface area contributed by atoms with Crippen molar-refractivity contribution >= 4 is 27.5 Å². The number of rotatable bonds is 9. The Bertz CT molecular complexity index is 1680. The van der Waals surface area contributed by atoms with Crippen LogP contribution in [0.1, 0.15) is 75.4 Å². The highest BCUT2D eigenvalue weighted by Gasteiger charge is 2.24. The monoisotopic (exact) mass is 614 g/mol. The predicted molar refractivity (Wildman–Crippen MR) is 176 cm³/mol. The van der Waals surface area contributed by atoms with E-state index in [0.29, 0.717) is 17.0 Å². The number of carbonyl (C=O) groups excluding carboxylic acids is 1. The number of pyridine rings is 1. The van der Waals surface area contributed by atoms with Crippen LogP contribution in [-0.4, -0.2) is 60.3 Å². The van der Waals surface area contributed by atoms with Crippen molar-refractivity contribution in [3.8, 4) is 11.1 Å². The molecule has 2 aromatic heterocycles. The van der Waals surface area contributed by atoms with E-state index in [1.54, 1.807) is 11.3 Å². The van der Waals surface area contributed by atoms with E-state index in [2.05, 4.69) is 46.4 Å². The minimum Gasteiger partial charge on any atom is -0.381 e. The number of fused-ring (bicyclic) bond motifs is 1. The second-order valence-corrected chi connectivity index (χ2v) is 13.0. The molecule has 0 aliphatic carbocycles. The molecule has 2 aromatic carbocycles. The summed E-state index contributed by atoms with van der Waals surface area (Å²) >= 11 is 1.75. The maximum Gasteiger partial charge on any atom is 0.253 e. The molecule has 1 amide bonds. The number of benzene rings is 2. The van der Waals surface area contributed by atoms with Gasteiger partial charge in [0.2, 0.25) is 0 Å². The molecule has 232 valence electrons. The lowest BCUT2D eigenvalue weighted by molar-refractivity contribution is 0.0342. The van der Waals surface area contributed by atoms with Crippen LogP contribution in [0.2, 0.25) is 0 Å². The second-order valence-electron chi connectivity index (χ2n) is 12.0. The molecule has 9 heteroatoms. The summed E-state index contributed by atoms with van der Waals surface area (Å²) in [6, 6.07) is 12.7. The van der Waals surface area contributed by atoms with Crippen LogP contribution >= 0.6 is 11.3 Å². The molecule has 44 heavy (non-hydrogen) atoms. The van der Waals surface area contributed by atoms with Crippen molar-refractivity contribution in [2.75, 3.05) is 39.5 Å². The molecule has 0 bridgehead atoms. The topological polar surface area (TPSA) is 96.6 Å². The summed E-state index contributed by atoms with van der Waals surface area (Å²) in [7, 11) is 0. The van der Waals surface area contributed by atoms with E-state index in [0.717, 1.165) is 115 Å². The minimum atomic E-state index is -0.197. The molecule has 4 aromatic rings. The number of nitrogens with zero attached hydrogens (tertiary/aromatic N) is 2. The first-order valence-electron chi connectivity index (χ1n) is 15.8. The van der Waals surface area contributed by atoms with Crippen molar-refractivity contribution in [1.29, 1.82) is 0 Å². The van der Waals surface area contributed by atoms with Crippen LogP contribution in [0.5, 0.6) is 0 Å². The Kier molecular flexibility index (Phi) is 9.56. The highest BCUT2D eigenvalue weighted by Crippen LogP contribution is 2.40. The van der Waals surface area contributed by atoms with Gasteiger partial charge in [0.15, 0.2) is 0 Å². The molecule has 0 atom stereocenters. The van der Waals surface area contributed by atoms with E-state index in [9.17, 15) is 9.59 Å². The molecular formula is C35H42N4O4S. The number of amides is 1. The number of carbonyl (C=O) groups is 1. The Labute approximate surface area is 262 Å². The smallest absolute Gasteiger partial charge is 0.253 e. The first kappa shape index (κ1) is 30.6. The molecule has 2 saturated heterocycles. The Morgan fingerprint density at radius 3 is 2.52 bits per heavy atom. The number of nitrogens with one attached hydrogen (secondary N) is 2. The van der Waals surface area contributed by atoms with Crippen LogP contribution in [0.4, 0.5) is 0 Å². The number of morpholine rings is 1. The number of aromatic amines is 1. The largest absolute Gasteiger partial charge is 0.381 e. The third-order valence-electron chi connectivity index (χ3n) is 8.83. The van der Waals surface area contributed by atoms with Gasteiger partial charge in [-0.05, 0) is 67.5 Å². The minimum absolute atomic E-state index is 0.139. The molecule has 0 unspecified atom stereocenters. The van der Waals surface area contributed by atoms with E-state index in [-0.39, 0.29) is 18.0 Å². The lowest BCUT2D eigenvalue weighted by atomic mass is 9.96. The van der Waals surface area contributed by atoms with Gasteiger partial charge in [-0.1, -0.05) is 37.6 Å². The molecule has 8 nitrogen and oxygen atoms in total. The van der Waals surface area contributed by atoms with Gasteiger partial charge in [0.05, 0.1) is 28.4 Å². The molecule has 4 heterocycles. The van der Waals surface area contributed by atoms with Gasteiger partial charge in [0, 0.05) is 67.7 Å². The van der Waals surface area contributed by atoms with Crippen molar-refractivity contribution < 1.29 is 14.3 Å². The Morgan fingerprint density at radius 1 is 1.07 bits per heavy atom. The van der Waals surface area contributed by atoms with Crippen LogP contribution in [0.3, 0.4) is 0 Å². The summed E-state index contributed by atoms with van der Waals surface area (Å²) < 4.78 is 12.2. The third-order valence-corrected chi connectivity index (χ3v) is 10.1. The summed E-state index contributed by atoms with van der Waals surface area (Å²) in [6.45, 7) is 12.0. The maximum atomic E-state index is 13.8. The lowest BCUT2D eigenvalue weighted by Gasteiger charge is -2.26. The zero-order valence-electron chi connectivity index (χ0n) is 26.0. The Hall–Kier alpha value is -3.37. The van der Waals surface area contributed by atoms with Crippen LogP contribution in [0.25, 0.3) is 21.3 Å². The van der Waals surface area contributed by atoms with Gasteiger partial charge in [-0.15, -0.1) is 11.3 Å². The molecule has 0 saturated carbocycles. The average molecular weight is 615 g/mol. The van der Waals surface area contributed by atoms with Gasteiger partial charge in [0.1, 0.15) is 0 Å². The Morgan fingerprint density at radius 2 is 1.80 bits per heavy atom. The van der Waals surface area contributed by atoms with Gasteiger partial charge in [0.25, 0.3) is 11.5 Å². The van der Waals surface area contributed by atoms with E-state index in [1.807, 2.05) is 26.0 Å². The van der Waals surface area contributed by atoms with Crippen molar-refractivity contribution in [3.05, 3.63) is 85.3 Å². The normalized spacial score (nSPS) is 16.4. The number of hydrogen-bond acceptors (Lipinski definition) is 7. The zero-order valence-corrected chi connectivity index (χ0v) is 26.8. The number of aromatic nitrogens is 2. The van der Waals surface area contributed by atoms with Crippen LogP contribution in [0.15, 0.2) is 41.2 Å². The fourth-order valence-electron chi connectivity index (χ4n) is 6.33. The SMILES string of the molecule is CCCc1cc(C)[nH]c(=O)c1CNC(=O)c1cc(-c2ccc(CN3CCOCC3)cc2)c2sc(C3CCOCC3)nc2c1C. The molecule has 0 radical (unpaired) electrons. The standard InChI is InChI=1S/C35H42N4O4S/c1-4-5-27-18-22(2)37-34(41)30(27)20-36-33(40)28-19-29(25-8-6-24(7-9-25)21-39-12-16-43-17-13-39)32-31(23(28)3)38-35(44-32)26-10-14-42-15-11-26/h6-9,18-19,26H,4-5,10-17,20-21H2,1-3H3,(H,36,40)(H,37,41). The van der Waals surface area contributed by atoms with Crippen molar-refractivity contribution in [2.24, 2.45) is 0 Å². The van der Waals surface area contributed by atoms with Crippen molar-refractivity contribution in [1.82, 2.24) is 20.2 Å². The molecule has 2 aliphatic rings. The summed E-state index contributed by atoms with van der Waals surface area (Å²) in [5.74, 6) is 0.171. The average Bonchev–Trinajstić information content (AvgIpc) is 3.49. The van der Waals surface area contributed by atoms with Gasteiger partial charge < -0.3 is 19.8 Å². The fraction of sp³-hybridized carbons (Fsp3) is 0.457. The summed E-state index contributed by atoms with van der Waals surface area (Å²) in [5.41, 5.74) is 7.99. The number of aryl methyl sites for hydroxylation is 3. The van der Waals surface area contributed by atoms with Crippen LogP contribution in [0, 0.1) is 13.8 Å². The number of hydrogen-bond donors (Lipinski definition) is 2. The molecular weight excluding hydrogens is 572 g/mol. The first-order chi connectivity index (χ1) is 21.4. The number of ether oxygens (including phenoxy) is 2. The van der Waals surface area contributed by atoms with Crippen molar-refractivity contribution in [2.45, 2.75) is 65.5 Å². The van der Waals surface area contributed by atoms with E-state index in [4.69, 9.17) is 14.5 Å². The predicted octanol–water partition coefficient (Wildman–Crippen LogP) is 5.88. The first-order valence-corrected chi connectivity index (χ1v) is 16.6. The Balaban J connectivity index is 1.34. The molecule has 2 fully saturated rings. The number of thiazole rings is 1. The molecule has 6 rings (SSSR count). The van der Waals surface area contributed by atoms with E-state index >= 15 is 0 Å². The second kappa shape index (κ2) is 13.7. The summed E-state index contributed by atoms with van der Waals surface area (Å²) in [5, 5.41) is 4.18.